The molecule has 1 saturated heterocycles. The lowest BCUT2D eigenvalue weighted by atomic mass is 10.1. The Morgan fingerprint density at radius 3 is 2.38 bits per heavy atom. The number of anilines is 1. The second-order valence-electron chi connectivity index (χ2n) is 6.01. The number of carbonyl (C=O) groups excluding carboxylic acids is 2. The summed E-state index contributed by atoms with van der Waals surface area (Å²) in [5.74, 6) is 0.128. The average Bonchev–Trinajstić information content (AvgIpc) is 2.69. The summed E-state index contributed by atoms with van der Waals surface area (Å²) in [7, 11) is 0. The van der Waals surface area contributed by atoms with E-state index in [9.17, 15) is 9.59 Å². The Balaban J connectivity index is 1.92. The molecular formula is C21H19ClN2O4S. The summed E-state index contributed by atoms with van der Waals surface area (Å²) < 4.78 is 10.8. The highest BCUT2D eigenvalue weighted by molar-refractivity contribution is 7.80. The van der Waals surface area contributed by atoms with Gasteiger partial charge in [-0.15, -0.1) is 0 Å². The monoisotopic (exact) mass is 430 g/mol. The summed E-state index contributed by atoms with van der Waals surface area (Å²) in [5.41, 5.74) is 1.07. The van der Waals surface area contributed by atoms with Gasteiger partial charge in [-0.3, -0.25) is 19.8 Å². The Labute approximate surface area is 179 Å². The molecule has 0 aliphatic carbocycles. The molecule has 0 aromatic heterocycles. The maximum atomic E-state index is 13.0. The van der Waals surface area contributed by atoms with E-state index in [2.05, 4.69) is 5.32 Å². The molecule has 2 amide bonds. The van der Waals surface area contributed by atoms with Crippen molar-refractivity contribution >= 4 is 52.5 Å². The molecule has 2 aromatic carbocycles. The number of benzene rings is 2. The predicted molar refractivity (Wildman–Crippen MR) is 116 cm³/mol. The van der Waals surface area contributed by atoms with E-state index in [1.54, 1.807) is 42.5 Å². The molecule has 0 unspecified atom stereocenters. The zero-order valence-corrected chi connectivity index (χ0v) is 17.5. The molecule has 1 fully saturated rings. The summed E-state index contributed by atoms with van der Waals surface area (Å²) in [6, 6.07) is 11.9. The third-order valence-electron chi connectivity index (χ3n) is 4.07. The zero-order valence-electron chi connectivity index (χ0n) is 15.9. The fraction of sp³-hybridized carbons (Fsp3) is 0.190. The van der Waals surface area contributed by atoms with Crippen molar-refractivity contribution in [1.29, 1.82) is 0 Å². The van der Waals surface area contributed by atoms with Gasteiger partial charge in [0.1, 0.15) is 17.1 Å². The molecule has 3 rings (SSSR count). The number of amides is 2. The van der Waals surface area contributed by atoms with Gasteiger partial charge in [0, 0.05) is 0 Å². The van der Waals surface area contributed by atoms with Crippen LogP contribution in [-0.2, 0) is 9.59 Å². The molecule has 6 nitrogen and oxygen atoms in total. The van der Waals surface area contributed by atoms with Gasteiger partial charge in [0.15, 0.2) is 5.11 Å². The van der Waals surface area contributed by atoms with Crippen molar-refractivity contribution in [2.75, 3.05) is 18.1 Å². The van der Waals surface area contributed by atoms with Gasteiger partial charge < -0.3 is 9.47 Å². The molecule has 2 aromatic rings. The highest BCUT2D eigenvalue weighted by Gasteiger charge is 2.34. The molecule has 0 spiro atoms. The second kappa shape index (κ2) is 9.07. The summed E-state index contributed by atoms with van der Waals surface area (Å²) in [6.07, 6.45) is 1.47. The van der Waals surface area contributed by atoms with Crippen molar-refractivity contribution in [3.63, 3.8) is 0 Å². The Morgan fingerprint density at radius 2 is 1.76 bits per heavy atom. The van der Waals surface area contributed by atoms with Gasteiger partial charge >= 0.3 is 0 Å². The third kappa shape index (κ3) is 4.58. The van der Waals surface area contributed by atoms with E-state index in [0.29, 0.717) is 41.0 Å². The first-order valence-corrected chi connectivity index (χ1v) is 9.79. The van der Waals surface area contributed by atoms with E-state index >= 15 is 0 Å². The summed E-state index contributed by atoms with van der Waals surface area (Å²) in [6.45, 7) is 4.76. The van der Waals surface area contributed by atoms with Crippen molar-refractivity contribution in [2.45, 2.75) is 13.8 Å². The number of hydrogen-bond acceptors (Lipinski definition) is 5. The first-order valence-electron chi connectivity index (χ1n) is 9.01. The summed E-state index contributed by atoms with van der Waals surface area (Å²) >= 11 is 11.4. The van der Waals surface area contributed by atoms with Gasteiger partial charge in [-0.1, -0.05) is 17.7 Å². The lowest BCUT2D eigenvalue weighted by molar-refractivity contribution is -0.122. The number of thiocarbonyl (C=S) groups is 1. The molecular weight excluding hydrogens is 412 g/mol. The molecule has 1 heterocycles. The van der Waals surface area contributed by atoms with Crippen molar-refractivity contribution in [1.82, 2.24) is 5.32 Å². The van der Waals surface area contributed by atoms with Gasteiger partial charge in [0.05, 0.1) is 23.9 Å². The van der Waals surface area contributed by atoms with E-state index in [4.69, 9.17) is 33.3 Å². The Morgan fingerprint density at radius 1 is 1.07 bits per heavy atom. The molecule has 150 valence electrons. The second-order valence-corrected chi connectivity index (χ2v) is 6.80. The zero-order chi connectivity index (χ0) is 21.0. The van der Waals surface area contributed by atoms with Crippen LogP contribution in [-0.4, -0.2) is 30.1 Å². The van der Waals surface area contributed by atoms with Crippen LogP contribution >= 0.6 is 23.8 Å². The van der Waals surface area contributed by atoms with Gasteiger partial charge in [-0.2, -0.15) is 0 Å². The van der Waals surface area contributed by atoms with Crippen molar-refractivity contribution in [3.05, 3.63) is 58.6 Å². The van der Waals surface area contributed by atoms with Gasteiger partial charge in [-0.05, 0) is 74.1 Å². The topological polar surface area (TPSA) is 67.9 Å². The highest BCUT2D eigenvalue weighted by Crippen LogP contribution is 2.28. The van der Waals surface area contributed by atoms with E-state index in [0.717, 1.165) is 0 Å². The quantitative estimate of drug-likeness (QED) is 0.426. The Kier molecular flexibility index (Phi) is 6.51. The van der Waals surface area contributed by atoms with Gasteiger partial charge in [0.2, 0.25) is 0 Å². The predicted octanol–water partition coefficient (Wildman–Crippen LogP) is 3.97. The molecule has 0 radical (unpaired) electrons. The normalized spacial score (nSPS) is 15.5. The van der Waals surface area contributed by atoms with E-state index in [1.807, 2.05) is 13.8 Å². The highest BCUT2D eigenvalue weighted by atomic mass is 35.5. The number of nitrogens with zero attached hydrogens (tertiary/aromatic N) is 1. The summed E-state index contributed by atoms with van der Waals surface area (Å²) in [4.78, 5) is 26.7. The minimum atomic E-state index is -0.563. The van der Waals surface area contributed by atoms with Crippen molar-refractivity contribution in [2.24, 2.45) is 0 Å². The van der Waals surface area contributed by atoms with E-state index in [-0.39, 0.29) is 10.7 Å². The van der Waals surface area contributed by atoms with E-state index < -0.39 is 11.8 Å². The Bertz CT molecular complexity index is 989. The fourth-order valence-electron chi connectivity index (χ4n) is 2.80. The molecule has 8 heteroatoms. The summed E-state index contributed by atoms with van der Waals surface area (Å²) in [5, 5.41) is 2.97. The lowest BCUT2D eigenvalue weighted by Crippen LogP contribution is -2.54. The largest absolute Gasteiger partial charge is 0.494 e. The SMILES string of the molecule is CCOc1ccc(N2C(=O)/C(=C/c3ccc(OCC)c(Cl)c3)C(=O)NC2=S)cc1. The van der Waals surface area contributed by atoms with Gasteiger partial charge in [0.25, 0.3) is 11.8 Å². The molecule has 1 N–H and O–H groups in total. The smallest absolute Gasteiger partial charge is 0.270 e. The number of nitrogens with one attached hydrogen (secondary N) is 1. The van der Waals surface area contributed by atoms with Crippen LogP contribution in [0.5, 0.6) is 11.5 Å². The maximum absolute atomic E-state index is 13.0. The van der Waals surface area contributed by atoms with Crippen LogP contribution in [0.15, 0.2) is 48.0 Å². The van der Waals surface area contributed by atoms with Gasteiger partial charge in [-0.25, -0.2) is 0 Å². The molecule has 0 saturated carbocycles. The number of rotatable bonds is 6. The number of carbonyl (C=O) groups is 2. The van der Waals surface area contributed by atoms with Crippen molar-refractivity contribution in [3.8, 4) is 11.5 Å². The van der Waals surface area contributed by atoms with Crippen molar-refractivity contribution < 1.29 is 19.1 Å². The Hall–Kier alpha value is -2.90. The third-order valence-corrected chi connectivity index (χ3v) is 4.65. The standard InChI is InChI=1S/C21H19ClN2O4S/c1-3-27-15-8-6-14(7-9-15)24-20(26)16(19(25)23-21(24)29)11-13-5-10-18(28-4-2)17(22)12-13/h5-12H,3-4H2,1-2H3,(H,23,25,29)/b16-11+. The maximum Gasteiger partial charge on any atom is 0.270 e. The number of halogens is 1. The molecule has 1 aliphatic rings. The lowest BCUT2D eigenvalue weighted by Gasteiger charge is -2.29. The first kappa shape index (κ1) is 20.8. The average molecular weight is 431 g/mol. The van der Waals surface area contributed by atoms with Crippen LogP contribution in [0.1, 0.15) is 19.4 Å². The molecule has 0 atom stereocenters. The molecule has 1 aliphatic heterocycles. The van der Waals surface area contributed by atoms with Crippen LogP contribution < -0.4 is 19.7 Å². The molecule has 0 bridgehead atoms. The number of ether oxygens (including phenoxy) is 2. The van der Waals surface area contributed by atoms with Crippen LogP contribution in [0.2, 0.25) is 5.02 Å². The van der Waals surface area contributed by atoms with E-state index in [1.165, 1.54) is 11.0 Å². The van der Waals surface area contributed by atoms with Crippen LogP contribution in [0.4, 0.5) is 5.69 Å². The minimum Gasteiger partial charge on any atom is -0.494 e. The minimum absolute atomic E-state index is 0.0195. The molecule has 29 heavy (non-hydrogen) atoms. The fourth-order valence-corrected chi connectivity index (χ4v) is 3.32. The number of hydrogen-bond donors (Lipinski definition) is 1. The van der Waals surface area contributed by atoms with Crippen LogP contribution in [0, 0.1) is 0 Å². The van der Waals surface area contributed by atoms with Crippen LogP contribution in [0.3, 0.4) is 0 Å². The first-order chi connectivity index (χ1) is 13.9. The van der Waals surface area contributed by atoms with Crippen LogP contribution in [0.25, 0.3) is 6.08 Å².